The highest BCUT2D eigenvalue weighted by Crippen LogP contribution is 2.18. The summed E-state index contributed by atoms with van der Waals surface area (Å²) in [4.78, 5) is 0. The van der Waals surface area contributed by atoms with Gasteiger partial charge >= 0.3 is 0 Å². The number of nitrogens with one attached hydrogen (secondary N) is 2. The van der Waals surface area contributed by atoms with Gasteiger partial charge < -0.3 is 15.4 Å². The Morgan fingerprint density at radius 2 is 2.33 bits per heavy atom. The van der Waals surface area contributed by atoms with E-state index in [0.717, 1.165) is 37.6 Å². The summed E-state index contributed by atoms with van der Waals surface area (Å²) < 4.78 is 5.57. The summed E-state index contributed by atoms with van der Waals surface area (Å²) in [6.07, 6.45) is 1.05. The van der Waals surface area contributed by atoms with Crippen molar-refractivity contribution in [1.82, 2.24) is 5.32 Å². The molecule has 1 fully saturated rings. The Morgan fingerprint density at radius 1 is 1.47 bits per heavy atom. The van der Waals surface area contributed by atoms with Crippen LogP contribution in [0, 0.1) is 0 Å². The van der Waals surface area contributed by atoms with Gasteiger partial charge in [-0.1, -0.05) is 13.0 Å². The normalized spacial score (nSPS) is 15.8. The number of ether oxygens (including phenoxy) is 1. The monoisotopic (exact) mass is 206 g/mol. The Bertz CT molecular complexity index is 310. The van der Waals surface area contributed by atoms with Crippen LogP contribution in [0.5, 0.6) is 5.75 Å². The lowest BCUT2D eigenvalue weighted by Gasteiger charge is -2.29. The maximum Gasteiger partial charge on any atom is 0.121 e. The predicted molar refractivity (Wildman–Crippen MR) is 62.5 cm³/mol. The first kappa shape index (κ1) is 10.3. The molecule has 1 aliphatic rings. The van der Waals surface area contributed by atoms with Gasteiger partial charge in [0.25, 0.3) is 0 Å². The van der Waals surface area contributed by atoms with Crippen LogP contribution >= 0.6 is 0 Å². The van der Waals surface area contributed by atoms with Gasteiger partial charge in [0.2, 0.25) is 0 Å². The van der Waals surface area contributed by atoms with Gasteiger partial charge in [-0.2, -0.15) is 0 Å². The molecule has 2 rings (SSSR count). The zero-order chi connectivity index (χ0) is 10.5. The molecular formula is C12H18N2O. The fourth-order valence-electron chi connectivity index (χ4n) is 1.52. The fraction of sp³-hybridized carbons (Fsp3) is 0.500. The standard InChI is InChI=1S/C12H18N2O/c1-2-6-15-12-5-3-4-10(7-12)14-11-8-13-9-11/h3-5,7,11,13-14H,2,6,8-9H2,1H3. The average Bonchev–Trinajstić information content (AvgIpc) is 2.21. The van der Waals surface area contributed by atoms with Crippen molar-refractivity contribution in [3.63, 3.8) is 0 Å². The second kappa shape index (κ2) is 5.03. The first-order chi connectivity index (χ1) is 7.38. The summed E-state index contributed by atoms with van der Waals surface area (Å²) in [6, 6.07) is 8.75. The molecule has 2 N–H and O–H groups in total. The molecule has 0 bridgehead atoms. The fourth-order valence-corrected chi connectivity index (χ4v) is 1.52. The molecule has 0 aliphatic carbocycles. The van der Waals surface area contributed by atoms with Crippen LogP contribution in [0.3, 0.4) is 0 Å². The van der Waals surface area contributed by atoms with Gasteiger partial charge in [0.1, 0.15) is 5.75 Å². The van der Waals surface area contributed by atoms with Crippen molar-refractivity contribution in [2.45, 2.75) is 19.4 Å². The lowest BCUT2D eigenvalue weighted by Crippen LogP contribution is -2.51. The van der Waals surface area contributed by atoms with E-state index in [-0.39, 0.29) is 0 Å². The van der Waals surface area contributed by atoms with Crippen LogP contribution in [0.2, 0.25) is 0 Å². The highest BCUT2D eigenvalue weighted by molar-refractivity contribution is 5.49. The smallest absolute Gasteiger partial charge is 0.121 e. The topological polar surface area (TPSA) is 33.3 Å². The van der Waals surface area contributed by atoms with Crippen molar-refractivity contribution in [2.75, 3.05) is 25.0 Å². The SMILES string of the molecule is CCCOc1cccc(NC2CNC2)c1. The van der Waals surface area contributed by atoms with Crippen LogP contribution in [-0.2, 0) is 0 Å². The Hall–Kier alpha value is -1.22. The zero-order valence-electron chi connectivity index (χ0n) is 9.12. The third-order valence-electron chi connectivity index (χ3n) is 2.46. The van der Waals surface area contributed by atoms with Crippen molar-refractivity contribution >= 4 is 5.69 Å². The molecule has 1 aromatic rings. The maximum absolute atomic E-state index is 5.57. The van der Waals surface area contributed by atoms with Gasteiger partial charge in [0.15, 0.2) is 0 Å². The van der Waals surface area contributed by atoms with Gasteiger partial charge in [0.05, 0.1) is 12.6 Å². The number of hydrogen-bond acceptors (Lipinski definition) is 3. The number of hydrogen-bond donors (Lipinski definition) is 2. The van der Waals surface area contributed by atoms with Crippen LogP contribution in [0.1, 0.15) is 13.3 Å². The molecule has 1 aromatic carbocycles. The van der Waals surface area contributed by atoms with Crippen molar-refractivity contribution in [3.8, 4) is 5.75 Å². The van der Waals surface area contributed by atoms with Crippen LogP contribution in [-0.4, -0.2) is 25.7 Å². The summed E-state index contributed by atoms with van der Waals surface area (Å²) in [5.74, 6) is 0.953. The Labute approximate surface area is 90.8 Å². The summed E-state index contributed by atoms with van der Waals surface area (Å²) in [5, 5.41) is 6.69. The first-order valence-corrected chi connectivity index (χ1v) is 5.58. The maximum atomic E-state index is 5.57. The average molecular weight is 206 g/mol. The first-order valence-electron chi connectivity index (χ1n) is 5.58. The van der Waals surface area contributed by atoms with Gasteiger partial charge in [-0.05, 0) is 18.6 Å². The summed E-state index contributed by atoms with van der Waals surface area (Å²) >= 11 is 0. The Balaban J connectivity index is 1.92. The summed E-state index contributed by atoms with van der Waals surface area (Å²) in [7, 11) is 0. The highest BCUT2D eigenvalue weighted by Gasteiger charge is 2.15. The van der Waals surface area contributed by atoms with Crippen LogP contribution in [0.15, 0.2) is 24.3 Å². The largest absolute Gasteiger partial charge is 0.494 e. The molecule has 0 saturated carbocycles. The second-order valence-corrected chi connectivity index (χ2v) is 3.88. The van der Waals surface area contributed by atoms with E-state index >= 15 is 0 Å². The number of anilines is 1. The highest BCUT2D eigenvalue weighted by atomic mass is 16.5. The van der Waals surface area contributed by atoms with Crippen molar-refractivity contribution in [2.24, 2.45) is 0 Å². The van der Waals surface area contributed by atoms with Gasteiger partial charge in [-0.3, -0.25) is 0 Å². The molecule has 1 heterocycles. The molecular weight excluding hydrogens is 188 g/mol. The molecule has 0 atom stereocenters. The third kappa shape index (κ3) is 2.86. The molecule has 82 valence electrons. The van der Waals surface area contributed by atoms with Gasteiger partial charge in [0, 0.05) is 24.8 Å². The molecule has 0 aromatic heterocycles. The molecule has 0 unspecified atom stereocenters. The minimum absolute atomic E-state index is 0.575. The molecule has 1 aliphatic heterocycles. The Kier molecular flexibility index (Phi) is 3.45. The van der Waals surface area contributed by atoms with E-state index in [1.165, 1.54) is 0 Å². The molecule has 3 nitrogen and oxygen atoms in total. The predicted octanol–water partition coefficient (Wildman–Crippen LogP) is 1.86. The lowest BCUT2D eigenvalue weighted by molar-refractivity contribution is 0.317. The van der Waals surface area contributed by atoms with E-state index in [1.54, 1.807) is 0 Å². The second-order valence-electron chi connectivity index (χ2n) is 3.88. The molecule has 3 heteroatoms. The van der Waals surface area contributed by atoms with E-state index in [4.69, 9.17) is 4.74 Å². The minimum Gasteiger partial charge on any atom is -0.494 e. The van der Waals surface area contributed by atoms with E-state index in [9.17, 15) is 0 Å². The quantitative estimate of drug-likeness (QED) is 0.771. The van der Waals surface area contributed by atoms with Crippen molar-refractivity contribution < 1.29 is 4.74 Å². The Morgan fingerprint density at radius 3 is 3.00 bits per heavy atom. The van der Waals surface area contributed by atoms with Crippen LogP contribution in [0.4, 0.5) is 5.69 Å². The van der Waals surface area contributed by atoms with Gasteiger partial charge in [-0.15, -0.1) is 0 Å². The van der Waals surface area contributed by atoms with Crippen LogP contribution in [0.25, 0.3) is 0 Å². The summed E-state index contributed by atoms with van der Waals surface area (Å²) in [6.45, 7) is 5.01. The zero-order valence-corrected chi connectivity index (χ0v) is 9.12. The van der Waals surface area contributed by atoms with Gasteiger partial charge in [-0.25, -0.2) is 0 Å². The van der Waals surface area contributed by atoms with E-state index < -0.39 is 0 Å². The lowest BCUT2D eigenvalue weighted by atomic mass is 10.1. The van der Waals surface area contributed by atoms with E-state index in [0.29, 0.717) is 6.04 Å². The molecule has 1 saturated heterocycles. The number of benzene rings is 1. The minimum atomic E-state index is 0.575. The molecule has 0 spiro atoms. The third-order valence-corrected chi connectivity index (χ3v) is 2.46. The molecule has 15 heavy (non-hydrogen) atoms. The molecule has 0 amide bonds. The number of rotatable bonds is 5. The van der Waals surface area contributed by atoms with Crippen LogP contribution < -0.4 is 15.4 Å². The summed E-state index contributed by atoms with van der Waals surface area (Å²) in [5.41, 5.74) is 1.15. The van der Waals surface area contributed by atoms with E-state index in [2.05, 4.69) is 29.7 Å². The molecule has 0 radical (unpaired) electrons. The van der Waals surface area contributed by atoms with Crippen molar-refractivity contribution in [1.29, 1.82) is 0 Å². The van der Waals surface area contributed by atoms with E-state index in [1.807, 2.05) is 12.1 Å². The van der Waals surface area contributed by atoms with Crippen molar-refractivity contribution in [3.05, 3.63) is 24.3 Å².